The van der Waals surface area contributed by atoms with Crippen LogP contribution in [0.2, 0.25) is 0 Å². The van der Waals surface area contributed by atoms with E-state index in [1.807, 2.05) is 0 Å². The van der Waals surface area contributed by atoms with Gasteiger partial charge in [-0.1, -0.05) is 0 Å². The summed E-state index contributed by atoms with van der Waals surface area (Å²) in [6.45, 7) is -0.0302. The average Bonchev–Trinajstić information content (AvgIpc) is 2.17. The Labute approximate surface area is 85.7 Å². The minimum absolute atomic E-state index is 0.0890. The molecule has 1 aromatic rings. The standard InChI is InChI=1S/C9H11FN2O3/c10-7-1-6(2-12-3-7)4-15-5-8(11)9(13)14/h1-3,8H,4-5,11H2,(H,13,14)/t8-/m0/s1. The molecule has 0 aliphatic rings. The lowest BCUT2D eigenvalue weighted by Gasteiger charge is -2.07. The number of ether oxygens (including phenoxy) is 1. The summed E-state index contributed by atoms with van der Waals surface area (Å²) in [5.41, 5.74) is 5.73. The van der Waals surface area contributed by atoms with E-state index in [2.05, 4.69) is 4.98 Å². The number of hydrogen-bond donors (Lipinski definition) is 2. The van der Waals surface area contributed by atoms with Crippen LogP contribution < -0.4 is 5.73 Å². The van der Waals surface area contributed by atoms with Gasteiger partial charge < -0.3 is 15.6 Å². The summed E-state index contributed by atoms with van der Waals surface area (Å²) in [4.78, 5) is 13.9. The van der Waals surface area contributed by atoms with Gasteiger partial charge in [-0.3, -0.25) is 9.78 Å². The maximum atomic E-state index is 12.6. The highest BCUT2D eigenvalue weighted by atomic mass is 19.1. The summed E-state index contributed by atoms with van der Waals surface area (Å²) in [5, 5.41) is 8.45. The average molecular weight is 214 g/mol. The summed E-state index contributed by atoms with van der Waals surface area (Å²) < 4.78 is 17.6. The van der Waals surface area contributed by atoms with Crippen LogP contribution in [0.25, 0.3) is 0 Å². The summed E-state index contributed by atoms with van der Waals surface area (Å²) in [6, 6.07) is 0.200. The Morgan fingerprint density at radius 1 is 1.67 bits per heavy atom. The third-order valence-electron chi connectivity index (χ3n) is 1.64. The van der Waals surface area contributed by atoms with Crippen molar-refractivity contribution < 1.29 is 19.0 Å². The Balaban J connectivity index is 2.35. The smallest absolute Gasteiger partial charge is 0.322 e. The van der Waals surface area contributed by atoms with Crippen LogP contribution in [0.5, 0.6) is 0 Å². The van der Waals surface area contributed by atoms with E-state index in [9.17, 15) is 9.18 Å². The lowest BCUT2D eigenvalue weighted by atomic mass is 10.3. The van der Waals surface area contributed by atoms with Crippen molar-refractivity contribution in [3.05, 3.63) is 29.8 Å². The number of rotatable bonds is 5. The van der Waals surface area contributed by atoms with Gasteiger partial charge in [-0.15, -0.1) is 0 Å². The maximum absolute atomic E-state index is 12.6. The number of nitrogens with zero attached hydrogens (tertiary/aromatic N) is 1. The molecule has 0 radical (unpaired) electrons. The van der Waals surface area contributed by atoms with E-state index in [1.165, 1.54) is 12.3 Å². The molecular formula is C9H11FN2O3. The number of nitrogens with two attached hydrogens (primary N) is 1. The first-order chi connectivity index (χ1) is 7.09. The van der Waals surface area contributed by atoms with Crippen LogP contribution in [0, 0.1) is 5.82 Å². The first kappa shape index (κ1) is 11.5. The van der Waals surface area contributed by atoms with E-state index in [4.69, 9.17) is 15.6 Å². The number of carboxylic acid groups (broad SMARTS) is 1. The monoisotopic (exact) mass is 214 g/mol. The predicted molar refractivity (Wildman–Crippen MR) is 49.5 cm³/mol. The molecule has 5 nitrogen and oxygen atoms in total. The van der Waals surface area contributed by atoms with E-state index in [1.54, 1.807) is 0 Å². The quantitative estimate of drug-likeness (QED) is 0.728. The second-order valence-electron chi connectivity index (χ2n) is 2.97. The number of carbonyl (C=O) groups is 1. The minimum atomic E-state index is -1.13. The summed E-state index contributed by atoms with van der Waals surface area (Å²) >= 11 is 0. The molecule has 1 heterocycles. The molecule has 0 amide bonds. The van der Waals surface area contributed by atoms with Gasteiger partial charge in [-0.2, -0.15) is 0 Å². The Hall–Kier alpha value is -1.53. The third-order valence-corrected chi connectivity index (χ3v) is 1.64. The lowest BCUT2D eigenvalue weighted by Crippen LogP contribution is -2.34. The fraction of sp³-hybridized carbons (Fsp3) is 0.333. The van der Waals surface area contributed by atoms with E-state index < -0.39 is 17.8 Å². The molecule has 1 aromatic heterocycles. The normalized spacial score (nSPS) is 12.4. The van der Waals surface area contributed by atoms with Gasteiger partial charge in [0.25, 0.3) is 0 Å². The second kappa shape index (κ2) is 5.38. The second-order valence-corrected chi connectivity index (χ2v) is 2.97. The van der Waals surface area contributed by atoms with Gasteiger partial charge in [0.15, 0.2) is 0 Å². The molecule has 6 heteroatoms. The molecule has 82 valence electrons. The zero-order valence-corrected chi connectivity index (χ0v) is 7.89. The summed E-state index contributed by atoms with van der Waals surface area (Å²) in [7, 11) is 0. The highest BCUT2D eigenvalue weighted by molar-refractivity contribution is 5.73. The van der Waals surface area contributed by atoms with Crippen molar-refractivity contribution in [3.63, 3.8) is 0 Å². The van der Waals surface area contributed by atoms with Crippen LogP contribution in [-0.4, -0.2) is 28.7 Å². The Morgan fingerprint density at radius 2 is 2.40 bits per heavy atom. The lowest BCUT2D eigenvalue weighted by molar-refractivity contribution is -0.140. The Kier molecular flexibility index (Phi) is 4.14. The molecule has 15 heavy (non-hydrogen) atoms. The van der Waals surface area contributed by atoms with Crippen LogP contribution in [0.1, 0.15) is 5.56 Å². The van der Waals surface area contributed by atoms with Gasteiger partial charge in [0.1, 0.15) is 11.9 Å². The molecule has 0 bridgehead atoms. The molecule has 0 unspecified atom stereocenters. The molecule has 0 aliphatic carbocycles. The SMILES string of the molecule is N[C@@H](COCc1cncc(F)c1)C(=O)O. The highest BCUT2D eigenvalue weighted by Crippen LogP contribution is 2.02. The Bertz CT molecular complexity index is 346. The van der Waals surface area contributed by atoms with Crippen LogP contribution in [0.4, 0.5) is 4.39 Å². The van der Waals surface area contributed by atoms with Gasteiger partial charge >= 0.3 is 5.97 Å². The molecule has 0 spiro atoms. The molecular weight excluding hydrogens is 203 g/mol. The fourth-order valence-electron chi connectivity index (χ4n) is 0.910. The largest absolute Gasteiger partial charge is 0.480 e. The fourth-order valence-corrected chi connectivity index (χ4v) is 0.910. The summed E-state index contributed by atoms with van der Waals surface area (Å²) in [6.07, 6.45) is 2.52. The Morgan fingerprint density at radius 3 is 3.00 bits per heavy atom. The van der Waals surface area contributed by atoms with Gasteiger partial charge in [0.2, 0.25) is 0 Å². The van der Waals surface area contributed by atoms with Crippen molar-refractivity contribution in [1.82, 2.24) is 4.98 Å². The molecule has 1 rings (SSSR count). The molecule has 0 aliphatic heterocycles. The first-order valence-electron chi connectivity index (χ1n) is 4.25. The molecule has 0 fully saturated rings. The van der Waals surface area contributed by atoms with Crippen molar-refractivity contribution >= 4 is 5.97 Å². The van der Waals surface area contributed by atoms with Gasteiger partial charge in [-0.25, -0.2) is 4.39 Å². The first-order valence-corrected chi connectivity index (χ1v) is 4.25. The van der Waals surface area contributed by atoms with Crippen molar-refractivity contribution in [1.29, 1.82) is 0 Å². The van der Waals surface area contributed by atoms with E-state index in [-0.39, 0.29) is 13.2 Å². The van der Waals surface area contributed by atoms with Crippen LogP contribution in [-0.2, 0) is 16.1 Å². The molecule has 0 saturated carbocycles. The van der Waals surface area contributed by atoms with Gasteiger partial charge in [0, 0.05) is 6.20 Å². The number of carboxylic acids is 1. The molecule has 1 atom stereocenters. The molecule has 0 saturated heterocycles. The number of hydrogen-bond acceptors (Lipinski definition) is 4. The van der Waals surface area contributed by atoms with E-state index >= 15 is 0 Å². The van der Waals surface area contributed by atoms with Crippen LogP contribution in [0.3, 0.4) is 0 Å². The van der Waals surface area contributed by atoms with Crippen molar-refractivity contribution in [2.45, 2.75) is 12.6 Å². The number of aromatic nitrogens is 1. The van der Waals surface area contributed by atoms with Crippen molar-refractivity contribution in [3.8, 4) is 0 Å². The van der Waals surface area contributed by atoms with Crippen LogP contribution >= 0.6 is 0 Å². The zero-order chi connectivity index (χ0) is 11.3. The highest BCUT2D eigenvalue weighted by Gasteiger charge is 2.10. The number of aliphatic carboxylic acids is 1. The summed E-state index contributed by atoms with van der Waals surface area (Å²) in [5.74, 6) is -1.59. The van der Waals surface area contributed by atoms with E-state index in [0.29, 0.717) is 5.56 Å². The molecule has 3 N–H and O–H groups in total. The zero-order valence-electron chi connectivity index (χ0n) is 7.89. The number of pyridine rings is 1. The van der Waals surface area contributed by atoms with Crippen molar-refractivity contribution in [2.75, 3.05) is 6.61 Å². The van der Waals surface area contributed by atoms with Crippen molar-refractivity contribution in [2.24, 2.45) is 5.73 Å². The van der Waals surface area contributed by atoms with E-state index in [0.717, 1.165) is 6.20 Å². The maximum Gasteiger partial charge on any atom is 0.322 e. The third kappa shape index (κ3) is 4.01. The topological polar surface area (TPSA) is 85.4 Å². The van der Waals surface area contributed by atoms with Gasteiger partial charge in [-0.05, 0) is 11.6 Å². The molecule has 0 aromatic carbocycles. The number of halogens is 1. The van der Waals surface area contributed by atoms with Crippen LogP contribution in [0.15, 0.2) is 18.5 Å². The minimum Gasteiger partial charge on any atom is -0.480 e. The van der Waals surface area contributed by atoms with Gasteiger partial charge in [0.05, 0.1) is 19.4 Å². The predicted octanol–water partition coefficient (Wildman–Crippen LogP) is 0.149.